The molecule has 0 aliphatic heterocycles. The Morgan fingerprint density at radius 2 is 1.95 bits per heavy atom. The van der Waals surface area contributed by atoms with Crippen LogP contribution in [0.2, 0.25) is 0 Å². The van der Waals surface area contributed by atoms with Crippen LogP contribution in [-0.4, -0.2) is 14.9 Å². The Balaban J connectivity index is 2.38. The number of ether oxygens (including phenoxy) is 1. The molecule has 110 valence electrons. The summed E-state index contributed by atoms with van der Waals surface area (Å²) in [5.41, 5.74) is 6.53. The second-order valence-corrected chi connectivity index (χ2v) is 3.69. The zero-order valence-electron chi connectivity index (χ0n) is 10.2. The number of nitro benzene ring substituents is 1. The Hall–Kier alpha value is -3.08. The molecule has 11 heteroatoms. The van der Waals surface area contributed by atoms with Crippen molar-refractivity contribution in [3.63, 3.8) is 0 Å². The maximum absolute atomic E-state index is 13.6. The van der Waals surface area contributed by atoms with Crippen molar-refractivity contribution in [2.24, 2.45) is 5.84 Å². The van der Waals surface area contributed by atoms with Gasteiger partial charge in [0.15, 0.2) is 11.6 Å². The van der Waals surface area contributed by atoms with Crippen molar-refractivity contribution in [1.29, 1.82) is 0 Å². The SMILES string of the molecule is NNc1cc(Oc2cc(F)c([N+](=O)[O-])cc2F)nc(N)n1. The molecule has 0 saturated heterocycles. The van der Waals surface area contributed by atoms with Crippen molar-refractivity contribution in [3.8, 4) is 11.6 Å². The van der Waals surface area contributed by atoms with Gasteiger partial charge >= 0.3 is 5.69 Å². The van der Waals surface area contributed by atoms with E-state index in [1.54, 1.807) is 0 Å². The maximum Gasteiger partial charge on any atom is 0.307 e. The Morgan fingerprint density at radius 1 is 1.24 bits per heavy atom. The van der Waals surface area contributed by atoms with Gasteiger partial charge in [0.2, 0.25) is 17.6 Å². The van der Waals surface area contributed by atoms with Crippen LogP contribution in [0.5, 0.6) is 11.6 Å². The number of rotatable bonds is 4. The van der Waals surface area contributed by atoms with E-state index in [-0.39, 0.29) is 17.6 Å². The van der Waals surface area contributed by atoms with Crippen LogP contribution in [0.25, 0.3) is 0 Å². The minimum Gasteiger partial charge on any atom is -0.436 e. The fraction of sp³-hybridized carbons (Fsp3) is 0. The molecule has 0 saturated carbocycles. The Morgan fingerprint density at radius 3 is 2.57 bits per heavy atom. The topological polar surface area (TPSA) is 142 Å². The zero-order chi connectivity index (χ0) is 15.6. The normalized spacial score (nSPS) is 10.2. The van der Waals surface area contributed by atoms with Gasteiger partial charge in [0.25, 0.3) is 0 Å². The highest BCUT2D eigenvalue weighted by molar-refractivity contribution is 5.45. The van der Waals surface area contributed by atoms with E-state index in [0.29, 0.717) is 12.1 Å². The largest absolute Gasteiger partial charge is 0.436 e. The van der Waals surface area contributed by atoms with Gasteiger partial charge in [0.1, 0.15) is 5.82 Å². The second-order valence-electron chi connectivity index (χ2n) is 3.69. The molecular formula is C10H8F2N6O3. The van der Waals surface area contributed by atoms with Crippen molar-refractivity contribution < 1.29 is 18.4 Å². The van der Waals surface area contributed by atoms with E-state index >= 15 is 0 Å². The van der Waals surface area contributed by atoms with Crippen LogP contribution >= 0.6 is 0 Å². The number of halogens is 2. The number of nitrogen functional groups attached to an aromatic ring is 2. The maximum atomic E-state index is 13.6. The number of anilines is 2. The molecule has 0 atom stereocenters. The number of hydrazine groups is 1. The molecule has 0 radical (unpaired) electrons. The summed E-state index contributed by atoms with van der Waals surface area (Å²) in [5.74, 6) is 1.78. The molecule has 0 aliphatic carbocycles. The summed E-state index contributed by atoms with van der Waals surface area (Å²) in [6.07, 6.45) is 0. The van der Waals surface area contributed by atoms with Gasteiger partial charge in [-0.25, -0.2) is 10.2 Å². The number of hydrogen-bond donors (Lipinski definition) is 3. The standard InChI is InChI=1S/C10H8F2N6O3/c11-4-2-7(5(12)1-6(4)18(19)20)21-9-3-8(17-14)15-10(13)16-9/h1-3H,14H2,(H3,13,15,16,17). The average molecular weight is 298 g/mol. The number of nitrogens with two attached hydrogens (primary N) is 2. The van der Waals surface area contributed by atoms with Crippen LogP contribution in [-0.2, 0) is 0 Å². The van der Waals surface area contributed by atoms with Crippen LogP contribution in [0, 0.1) is 21.7 Å². The number of nitrogens with zero attached hydrogens (tertiary/aromatic N) is 3. The lowest BCUT2D eigenvalue weighted by Gasteiger charge is -2.08. The molecule has 1 heterocycles. The smallest absolute Gasteiger partial charge is 0.307 e. The molecular weight excluding hydrogens is 290 g/mol. The third-order valence-corrected chi connectivity index (χ3v) is 2.28. The number of aromatic nitrogens is 2. The lowest BCUT2D eigenvalue weighted by Crippen LogP contribution is -2.10. The van der Waals surface area contributed by atoms with Gasteiger partial charge in [-0.15, -0.1) is 0 Å². The van der Waals surface area contributed by atoms with Crippen LogP contribution in [0.4, 0.5) is 26.2 Å². The number of nitro groups is 1. The van der Waals surface area contributed by atoms with E-state index in [2.05, 4.69) is 15.4 Å². The van der Waals surface area contributed by atoms with Gasteiger partial charge in [-0.05, 0) is 0 Å². The number of nitrogens with one attached hydrogen (secondary N) is 1. The first-order valence-corrected chi connectivity index (χ1v) is 5.33. The highest BCUT2D eigenvalue weighted by Gasteiger charge is 2.20. The van der Waals surface area contributed by atoms with Gasteiger partial charge in [-0.1, -0.05) is 0 Å². The van der Waals surface area contributed by atoms with E-state index in [4.69, 9.17) is 16.3 Å². The van der Waals surface area contributed by atoms with Crippen molar-refractivity contribution >= 4 is 17.5 Å². The summed E-state index contributed by atoms with van der Waals surface area (Å²) in [7, 11) is 0. The molecule has 0 bridgehead atoms. The fourth-order valence-electron chi connectivity index (χ4n) is 1.42. The van der Waals surface area contributed by atoms with Crippen LogP contribution < -0.4 is 21.7 Å². The van der Waals surface area contributed by atoms with E-state index in [1.165, 1.54) is 6.07 Å². The summed E-state index contributed by atoms with van der Waals surface area (Å²) in [5, 5.41) is 10.5. The van der Waals surface area contributed by atoms with Crippen molar-refractivity contribution in [1.82, 2.24) is 9.97 Å². The molecule has 2 aromatic rings. The predicted octanol–water partition coefficient (Wildman–Crippen LogP) is 1.32. The Bertz CT molecular complexity index is 711. The fourth-order valence-corrected chi connectivity index (χ4v) is 1.42. The van der Waals surface area contributed by atoms with Crippen molar-refractivity contribution in [2.45, 2.75) is 0 Å². The summed E-state index contributed by atoms with van der Waals surface area (Å²) >= 11 is 0. The van der Waals surface area contributed by atoms with E-state index in [9.17, 15) is 18.9 Å². The molecule has 0 unspecified atom stereocenters. The van der Waals surface area contributed by atoms with Gasteiger partial charge in [-0.3, -0.25) is 10.1 Å². The third-order valence-electron chi connectivity index (χ3n) is 2.28. The van der Waals surface area contributed by atoms with Crippen molar-refractivity contribution in [3.05, 3.63) is 39.9 Å². The van der Waals surface area contributed by atoms with Crippen molar-refractivity contribution in [2.75, 3.05) is 11.2 Å². The van der Waals surface area contributed by atoms with E-state index in [0.717, 1.165) is 0 Å². The highest BCUT2D eigenvalue weighted by Crippen LogP contribution is 2.30. The molecule has 21 heavy (non-hydrogen) atoms. The molecule has 5 N–H and O–H groups in total. The molecule has 2 rings (SSSR count). The lowest BCUT2D eigenvalue weighted by atomic mass is 10.3. The first kappa shape index (κ1) is 14.3. The van der Waals surface area contributed by atoms with E-state index in [1.807, 2.05) is 0 Å². The minimum atomic E-state index is -1.25. The van der Waals surface area contributed by atoms with Crippen LogP contribution in [0.1, 0.15) is 0 Å². The first-order chi connectivity index (χ1) is 9.90. The first-order valence-electron chi connectivity index (χ1n) is 5.33. The zero-order valence-corrected chi connectivity index (χ0v) is 10.2. The molecule has 0 aliphatic rings. The molecule has 0 fully saturated rings. The van der Waals surface area contributed by atoms with Gasteiger partial charge in [-0.2, -0.15) is 14.4 Å². The lowest BCUT2D eigenvalue weighted by molar-refractivity contribution is -0.387. The molecule has 1 aromatic carbocycles. The number of benzene rings is 1. The third kappa shape index (κ3) is 3.09. The summed E-state index contributed by atoms with van der Waals surface area (Å²) in [4.78, 5) is 16.7. The minimum absolute atomic E-state index is 0.0836. The molecule has 0 amide bonds. The molecule has 9 nitrogen and oxygen atoms in total. The van der Waals surface area contributed by atoms with Gasteiger partial charge < -0.3 is 15.9 Å². The molecule has 0 spiro atoms. The van der Waals surface area contributed by atoms with Gasteiger partial charge in [0.05, 0.1) is 11.0 Å². The summed E-state index contributed by atoms with van der Waals surface area (Å²) in [6, 6.07) is 2.10. The monoisotopic (exact) mass is 298 g/mol. The molecule has 1 aromatic heterocycles. The van der Waals surface area contributed by atoms with Gasteiger partial charge in [0, 0.05) is 12.1 Å². The second kappa shape index (κ2) is 5.50. The highest BCUT2D eigenvalue weighted by atomic mass is 19.1. The Labute approximate surface area is 115 Å². The number of hydrogen-bond acceptors (Lipinski definition) is 8. The average Bonchev–Trinajstić information content (AvgIpc) is 2.41. The summed E-state index contributed by atoms with van der Waals surface area (Å²) < 4.78 is 32.1. The van der Waals surface area contributed by atoms with Crippen LogP contribution in [0.3, 0.4) is 0 Å². The summed E-state index contributed by atoms with van der Waals surface area (Å²) in [6.45, 7) is 0. The Kier molecular flexibility index (Phi) is 3.75. The van der Waals surface area contributed by atoms with Crippen LogP contribution in [0.15, 0.2) is 18.2 Å². The predicted molar refractivity (Wildman–Crippen MR) is 67.3 cm³/mol. The quantitative estimate of drug-likeness (QED) is 0.435. The van der Waals surface area contributed by atoms with E-state index < -0.39 is 28.0 Å².